The van der Waals surface area contributed by atoms with E-state index in [2.05, 4.69) is 57.3 Å². The zero-order chi connectivity index (χ0) is 20.4. The summed E-state index contributed by atoms with van der Waals surface area (Å²) < 4.78 is 6.41. The number of rotatable bonds is 4. The summed E-state index contributed by atoms with van der Waals surface area (Å²) >= 11 is 3.52. The quantitative estimate of drug-likeness (QED) is 0.709. The van der Waals surface area contributed by atoms with Gasteiger partial charge in [0.25, 0.3) is 0 Å². The first-order valence-corrected chi connectivity index (χ1v) is 11.0. The molecule has 0 radical (unpaired) electrons. The highest BCUT2D eigenvalue weighted by molar-refractivity contribution is 9.10. The number of para-hydroxylation sites is 1. The number of methoxy groups -OCH3 is 1. The number of aliphatic imine (C=N–C) groups is 1. The Morgan fingerprint density at radius 3 is 2.59 bits per heavy atom. The first-order chi connectivity index (χ1) is 14.0. The lowest BCUT2D eigenvalue weighted by atomic mass is 9.87. The minimum atomic E-state index is -0.299. The smallest absolute Gasteiger partial charge is 0.162 e. The summed E-state index contributed by atoms with van der Waals surface area (Å²) in [6.07, 6.45) is 2.64. The van der Waals surface area contributed by atoms with Gasteiger partial charge in [0, 0.05) is 41.3 Å². The predicted molar refractivity (Wildman–Crippen MR) is 120 cm³/mol. The van der Waals surface area contributed by atoms with Crippen molar-refractivity contribution < 1.29 is 9.84 Å². The lowest BCUT2D eigenvalue weighted by Crippen LogP contribution is -2.56. The summed E-state index contributed by atoms with van der Waals surface area (Å²) in [7, 11) is 1.59. The van der Waals surface area contributed by atoms with E-state index in [-0.39, 0.29) is 17.5 Å². The van der Waals surface area contributed by atoms with Crippen LogP contribution in [0.2, 0.25) is 0 Å². The highest BCUT2D eigenvalue weighted by Gasteiger charge is 2.40. The molecule has 2 aromatic rings. The van der Waals surface area contributed by atoms with E-state index in [9.17, 15) is 5.11 Å². The summed E-state index contributed by atoms with van der Waals surface area (Å²) in [6, 6.07) is 14.0. The second-order valence-corrected chi connectivity index (χ2v) is 8.75. The normalized spacial score (nSPS) is 21.8. The van der Waals surface area contributed by atoms with E-state index in [0.29, 0.717) is 5.75 Å². The maximum Gasteiger partial charge on any atom is 0.162 e. The Morgan fingerprint density at radius 1 is 1.21 bits per heavy atom. The second-order valence-electron chi connectivity index (χ2n) is 7.83. The zero-order valence-corrected chi connectivity index (χ0v) is 18.6. The second kappa shape index (κ2) is 8.46. The molecule has 0 bridgehead atoms. The van der Waals surface area contributed by atoms with Crippen LogP contribution in [0.25, 0.3) is 0 Å². The molecule has 2 aromatic carbocycles. The summed E-state index contributed by atoms with van der Waals surface area (Å²) in [5, 5.41) is 14.6. The molecule has 2 aliphatic rings. The largest absolute Gasteiger partial charge is 0.504 e. The standard InChI is InChI=1S/C23H28BrN3O2/c1-3-27-13-11-23(12-14-27)25-19(16-7-9-17(24)10-8-16)15-20(26-23)18-5-4-6-21(29-2)22(18)28/h4-10,20,26,28H,3,11-15H2,1-2H3/t20-/m0/s1. The van der Waals surface area contributed by atoms with Crippen molar-refractivity contribution in [2.24, 2.45) is 4.99 Å². The molecule has 154 valence electrons. The van der Waals surface area contributed by atoms with Gasteiger partial charge >= 0.3 is 0 Å². The molecule has 1 spiro atoms. The molecular weight excluding hydrogens is 430 g/mol. The minimum Gasteiger partial charge on any atom is -0.504 e. The number of aromatic hydroxyl groups is 1. The highest BCUT2D eigenvalue weighted by Crippen LogP contribution is 2.40. The number of hydrogen-bond donors (Lipinski definition) is 2. The van der Waals surface area contributed by atoms with Crippen LogP contribution in [-0.4, -0.2) is 48.1 Å². The molecule has 6 heteroatoms. The first kappa shape index (κ1) is 20.4. The molecule has 0 aromatic heterocycles. The van der Waals surface area contributed by atoms with Crippen LogP contribution in [0.15, 0.2) is 51.9 Å². The van der Waals surface area contributed by atoms with E-state index in [1.54, 1.807) is 13.2 Å². The van der Waals surface area contributed by atoms with Crippen LogP contribution in [0.5, 0.6) is 11.5 Å². The van der Waals surface area contributed by atoms with Crippen LogP contribution in [0.3, 0.4) is 0 Å². The fourth-order valence-electron chi connectivity index (χ4n) is 4.40. The Labute approximate surface area is 180 Å². The van der Waals surface area contributed by atoms with E-state index < -0.39 is 0 Å². The summed E-state index contributed by atoms with van der Waals surface area (Å²) in [6.45, 7) is 5.33. The third kappa shape index (κ3) is 4.20. The number of phenols is 1. The fourth-order valence-corrected chi connectivity index (χ4v) is 4.66. The molecule has 0 unspecified atom stereocenters. The molecule has 4 rings (SSSR count). The van der Waals surface area contributed by atoms with Gasteiger partial charge in [-0.15, -0.1) is 0 Å². The number of hydrogen-bond acceptors (Lipinski definition) is 5. The monoisotopic (exact) mass is 457 g/mol. The Balaban J connectivity index is 1.72. The van der Waals surface area contributed by atoms with Crippen LogP contribution < -0.4 is 10.1 Å². The zero-order valence-electron chi connectivity index (χ0n) is 17.0. The Bertz CT molecular complexity index is 889. The Morgan fingerprint density at radius 2 is 1.93 bits per heavy atom. The van der Waals surface area contributed by atoms with Crippen LogP contribution in [-0.2, 0) is 0 Å². The summed E-state index contributed by atoms with van der Waals surface area (Å²) in [5.74, 6) is 0.720. The van der Waals surface area contributed by atoms with Crippen molar-refractivity contribution in [3.8, 4) is 11.5 Å². The molecule has 0 amide bonds. The van der Waals surface area contributed by atoms with Gasteiger partial charge in [-0.25, -0.2) is 0 Å². The fraction of sp³-hybridized carbons (Fsp3) is 0.435. The van der Waals surface area contributed by atoms with Crippen molar-refractivity contribution >= 4 is 21.6 Å². The van der Waals surface area contributed by atoms with Crippen molar-refractivity contribution in [2.75, 3.05) is 26.7 Å². The van der Waals surface area contributed by atoms with E-state index in [4.69, 9.17) is 9.73 Å². The number of halogens is 1. The summed E-state index contributed by atoms with van der Waals surface area (Å²) in [4.78, 5) is 7.71. The number of nitrogens with zero attached hydrogens (tertiary/aromatic N) is 2. The van der Waals surface area contributed by atoms with Gasteiger partial charge in [-0.05, 0) is 43.1 Å². The molecule has 2 N–H and O–H groups in total. The van der Waals surface area contributed by atoms with E-state index in [0.717, 1.165) is 60.2 Å². The number of nitrogens with one attached hydrogen (secondary N) is 1. The van der Waals surface area contributed by atoms with Crippen molar-refractivity contribution in [1.29, 1.82) is 0 Å². The topological polar surface area (TPSA) is 57.1 Å². The maximum absolute atomic E-state index is 10.8. The molecule has 29 heavy (non-hydrogen) atoms. The highest BCUT2D eigenvalue weighted by atomic mass is 79.9. The van der Waals surface area contributed by atoms with Crippen LogP contribution >= 0.6 is 15.9 Å². The molecular formula is C23H28BrN3O2. The van der Waals surface area contributed by atoms with E-state index in [1.165, 1.54) is 0 Å². The minimum absolute atomic E-state index is 0.0191. The number of benzene rings is 2. The molecule has 1 atom stereocenters. The lowest BCUT2D eigenvalue weighted by molar-refractivity contribution is 0.129. The summed E-state index contributed by atoms with van der Waals surface area (Å²) in [5.41, 5.74) is 2.80. The molecule has 1 fully saturated rings. The van der Waals surface area contributed by atoms with Crippen LogP contribution in [0, 0.1) is 0 Å². The van der Waals surface area contributed by atoms with Crippen molar-refractivity contribution in [2.45, 2.75) is 37.9 Å². The van der Waals surface area contributed by atoms with E-state index >= 15 is 0 Å². The molecule has 5 nitrogen and oxygen atoms in total. The average molecular weight is 458 g/mol. The lowest BCUT2D eigenvalue weighted by Gasteiger charge is -2.45. The van der Waals surface area contributed by atoms with Gasteiger partial charge < -0.3 is 14.7 Å². The number of ether oxygens (including phenoxy) is 1. The van der Waals surface area contributed by atoms with Gasteiger partial charge in [0.1, 0.15) is 5.66 Å². The Hall–Kier alpha value is -1.89. The molecule has 2 heterocycles. The number of phenolic OH excluding ortho intramolecular Hbond substituents is 1. The van der Waals surface area contributed by atoms with Gasteiger partial charge in [-0.2, -0.15) is 0 Å². The number of likely N-dealkylation sites (tertiary alicyclic amines) is 1. The van der Waals surface area contributed by atoms with Crippen LogP contribution in [0.4, 0.5) is 0 Å². The first-order valence-electron chi connectivity index (χ1n) is 10.2. The van der Waals surface area contributed by atoms with Gasteiger partial charge in [-0.3, -0.25) is 10.3 Å². The molecule has 2 aliphatic heterocycles. The van der Waals surface area contributed by atoms with Crippen molar-refractivity contribution in [1.82, 2.24) is 10.2 Å². The molecule has 0 aliphatic carbocycles. The van der Waals surface area contributed by atoms with Gasteiger partial charge in [0.2, 0.25) is 0 Å². The van der Waals surface area contributed by atoms with E-state index in [1.807, 2.05) is 12.1 Å². The van der Waals surface area contributed by atoms with Crippen LogP contribution in [0.1, 0.15) is 43.4 Å². The molecule has 0 saturated carbocycles. The maximum atomic E-state index is 10.8. The van der Waals surface area contributed by atoms with Gasteiger partial charge in [0.15, 0.2) is 11.5 Å². The van der Waals surface area contributed by atoms with Gasteiger partial charge in [-0.1, -0.05) is 47.1 Å². The number of piperidine rings is 1. The average Bonchev–Trinajstić information content (AvgIpc) is 2.74. The van der Waals surface area contributed by atoms with Crippen molar-refractivity contribution in [3.63, 3.8) is 0 Å². The van der Waals surface area contributed by atoms with Crippen molar-refractivity contribution in [3.05, 3.63) is 58.1 Å². The third-order valence-corrected chi connectivity index (χ3v) is 6.65. The third-order valence-electron chi connectivity index (χ3n) is 6.12. The molecule has 1 saturated heterocycles. The Kier molecular flexibility index (Phi) is 5.95. The predicted octanol–water partition coefficient (Wildman–Crippen LogP) is 4.50. The SMILES string of the molecule is CCN1CCC2(CC1)N=C(c1ccc(Br)cc1)C[C@@H](c1cccc(OC)c1O)N2. The van der Waals surface area contributed by atoms with Gasteiger partial charge in [0.05, 0.1) is 7.11 Å².